The van der Waals surface area contributed by atoms with Crippen molar-refractivity contribution in [2.45, 2.75) is 31.2 Å². The minimum Gasteiger partial charge on any atom is -0.495 e. The zero-order valence-corrected chi connectivity index (χ0v) is 11.8. The van der Waals surface area contributed by atoms with E-state index in [1.54, 1.807) is 14.2 Å². The third-order valence-corrected chi connectivity index (χ3v) is 4.18. The Morgan fingerprint density at radius 1 is 1.24 bits per heavy atom. The minimum absolute atomic E-state index is 0.325. The van der Waals surface area contributed by atoms with Gasteiger partial charge in [-0.25, -0.2) is 0 Å². The van der Waals surface area contributed by atoms with E-state index in [2.05, 4.69) is 22.0 Å². The molecule has 4 heteroatoms. The number of rotatable bonds is 3. The molecule has 2 rings (SSSR count). The van der Waals surface area contributed by atoms with E-state index in [-0.39, 0.29) is 0 Å². The summed E-state index contributed by atoms with van der Waals surface area (Å²) in [6, 6.07) is 4.39. The van der Waals surface area contributed by atoms with E-state index in [1.807, 2.05) is 6.07 Å². The molecule has 1 aliphatic rings. The normalized spacial score (nSPS) is 23.8. The first-order valence-electron chi connectivity index (χ1n) is 5.83. The summed E-state index contributed by atoms with van der Waals surface area (Å²) in [5.74, 6) is 2.18. The van der Waals surface area contributed by atoms with Gasteiger partial charge in [0.25, 0.3) is 0 Å². The van der Waals surface area contributed by atoms with Crippen molar-refractivity contribution in [2.75, 3.05) is 14.2 Å². The van der Waals surface area contributed by atoms with Crippen LogP contribution in [0.4, 0.5) is 0 Å². The van der Waals surface area contributed by atoms with Gasteiger partial charge in [0.2, 0.25) is 0 Å². The molecule has 2 atom stereocenters. The number of hydrogen-bond acceptors (Lipinski definition) is 3. The fraction of sp³-hybridized carbons (Fsp3) is 0.538. The van der Waals surface area contributed by atoms with E-state index in [1.165, 1.54) is 5.56 Å². The third kappa shape index (κ3) is 2.43. The minimum atomic E-state index is 0.325. The molecule has 2 N–H and O–H groups in total. The molecule has 0 saturated heterocycles. The molecule has 0 heterocycles. The Labute approximate surface area is 110 Å². The van der Waals surface area contributed by atoms with Crippen molar-refractivity contribution in [2.24, 2.45) is 5.73 Å². The Morgan fingerprint density at radius 2 is 2.00 bits per heavy atom. The molecule has 1 saturated carbocycles. The molecule has 17 heavy (non-hydrogen) atoms. The van der Waals surface area contributed by atoms with E-state index >= 15 is 0 Å². The highest BCUT2D eigenvalue weighted by atomic mass is 79.9. The fourth-order valence-electron chi connectivity index (χ4n) is 2.54. The van der Waals surface area contributed by atoms with Gasteiger partial charge in [0.15, 0.2) is 0 Å². The summed E-state index contributed by atoms with van der Waals surface area (Å²) in [7, 11) is 3.35. The summed E-state index contributed by atoms with van der Waals surface area (Å²) in [4.78, 5) is 0. The van der Waals surface area contributed by atoms with Gasteiger partial charge in [0, 0.05) is 6.04 Å². The van der Waals surface area contributed by atoms with E-state index in [0.29, 0.717) is 12.0 Å². The van der Waals surface area contributed by atoms with Crippen molar-refractivity contribution in [3.63, 3.8) is 0 Å². The van der Waals surface area contributed by atoms with Crippen molar-refractivity contribution < 1.29 is 9.47 Å². The first kappa shape index (κ1) is 12.7. The summed E-state index contributed by atoms with van der Waals surface area (Å²) in [5, 5.41) is 0. The second-order valence-corrected chi connectivity index (χ2v) is 5.27. The molecular formula is C13H18BrNO2. The molecule has 0 bridgehead atoms. The first-order valence-corrected chi connectivity index (χ1v) is 6.62. The van der Waals surface area contributed by atoms with Crippen LogP contribution in [-0.4, -0.2) is 20.3 Å². The van der Waals surface area contributed by atoms with Gasteiger partial charge in [0.05, 0.1) is 14.2 Å². The average Bonchev–Trinajstić information content (AvgIpc) is 2.75. The summed E-state index contributed by atoms with van der Waals surface area (Å²) < 4.78 is 11.7. The van der Waals surface area contributed by atoms with Crippen LogP contribution in [0.1, 0.15) is 30.7 Å². The molecule has 1 aromatic carbocycles. The number of methoxy groups -OCH3 is 2. The Bertz CT molecular complexity index is 409. The van der Waals surface area contributed by atoms with E-state index in [9.17, 15) is 0 Å². The van der Waals surface area contributed by atoms with Gasteiger partial charge in [-0.1, -0.05) is 6.07 Å². The molecule has 0 spiro atoms. The van der Waals surface area contributed by atoms with Crippen LogP contribution < -0.4 is 15.2 Å². The second-order valence-electron chi connectivity index (χ2n) is 4.47. The predicted octanol–water partition coefficient (Wildman–Crippen LogP) is 3.06. The van der Waals surface area contributed by atoms with E-state index < -0.39 is 0 Å². The van der Waals surface area contributed by atoms with Gasteiger partial charge in [-0.3, -0.25) is 0 Å². The Balaban J connectivity index is 2.37. The van der Waals surface area contributed by atoms with Crippen molar-refractivity contribution in [3.05, 3.63) is 22.2 Å². The zero-order valence-electron chi connectivity index (χ0n) is 10.2. The third-order valence-electron chi connectivity index (χ3n) is 3.43. The van der Waals surface area contributed by atoms with Crippen LogP contribution in [0, 0.1) is 0 Å². The maximum atomic E-state index is 5.97. The summed E-state index contributed by atoms with van der Waals surface area (Å²) in [6.45, 7) is 0. The number of ether oxygens (including phenoxy) is 2. The molecule has 94 valence electrons. The number of halogens is 1. The summed E-state index contributed by atoms with van der Waals surface area (Å²) in [6.07, 6.45) is 3.27. The van der Waals surface area contributed by atoms with Crippen LogP contribution in [0.15, 0.2) is 16.6 Å². The van der Waals surface area contributed by atoms with E-state index in [0.717, 1.165) is 35.2 Å². The molecule has 2 unspecified atom stereocenters. The van der Waals surface area contributed by atoms with Gasteiger partial charge in [0.1, 0.15) is 16.0 Å². The molecule has 3 nitrogen and oxygen atoms in total. The van der Waals surface area contributed by atoms with Gasteiger partial charge in [-0.15, -0.1) is 0 Å². The van der Waals surface area contributed by atoms with Crippen molar-refractivity contribution >= 4 is 15.9 Å². The highest BCUT2D eigenvalue weighted by Gasteiger charge is 2.27. The number of hydrogen-bond donors (Lipinski definition) is 1. The Morgan fingerprint density at radius 3 is 2.53 bits per heavy atom. The quantitative estimate of drug-likeness (QED) is 0.933. The van der Waals surface area contributed by atoms with Gasteiger partial charge in [-0.2, -0.15) is 0 Å². The lowest BCUT2D eigenvalue weighted by Crippen LogP contribution is -2.14. The lowest BCUT2D eigenvalue weighted by atomic mass is 9.96. The largest absolute Gasteiger partial charge is 0.495 e. The lowest BCUT2D eigenvalue weighted by molar-refractivity contribution is 0.383. The van der Waals surface area contributed by atoms with Crippen molar-refractivity contribution in [3.8, 4) is 11.5 Å². The van der Waals surface area contributed by atoms with Crippen LogP contribution in [0.25, 0.3) is 0 Å². The Hall–Kier alpha value is -0.740. The monoisotopic (exact) mass is 299 g/mol. The molecule has 0 aliphatic heterocycles. The molecule has 0 amide bonds. The number of benzene rings is 1. The molecule has 1 fully saturated rings. The van der Waals surface area contributed by atoms with Gasteiger partial charge < -0.3 is 15.2 Å². The summed E-state index contributed by atoms with van der Waals surface area (Å²) >= 11 is 3.53. The Kier molecular flexibility index (Phi) is 3.94. The molecule has 1 aliphatic carbocycles. The summed E-state index contributed by atoms with van der Waals surface area (Å²) in [5.41, 5.74) is 7.20. The van der Waals surface area contributed by atoms with Gasteiger partial charge >= 0.3 is 0 Å². The molecule has 1 aromatic rings. The fourth-order valence-corrected chi connectivity index (χ4v) is 3.22. The van der Waals surface area contributed by atoms with Crippen LogP contribution in [0.5, 0.6) is 11.5 Å². The molecular weight excluding hydrogens is 282 g/mol. The number of nitrogens with two attached hydrogens (primary N) is 1. The maximum Gasteiger partial charge on any atom is 0.140 e. The van der Waals surface area contributed by atoms with E-state index in [4.69, 9.17) is 15.2 Å². The topological polar surface area (TPSA) is 44.5 Å². The molecule has 0 radical (unpaired) electrons. The van der Waals surface area contributed by atoms with Crippen LogP contribution in [0.2, 0.25) is 0 Å². The maximum absolute atomic E-state index is 5.97. The predicted molar refractivity (Wildman–Crippen MR) is 71.8 cm³/mol. The van der Waals surface area contributed by atoms with Gasteiger partial charge in [-0.05, 0) is 52.7 Å². The van der Waals surface area contributed by atoms with Crippen molar-refractivity contribution in [1.29, 1.82) is 0 Å². The highest BCUT2D eigenvalue weighted by molar-refractivity contribution is 9.10. The average molecular weight is 300 g/mol. The standard InChI is InChI=1S/C13H18BrNO2/c1-16-11-6-5-10(13(17-2)12(11)14)8-3-4-9(15)7-8/h5-6,8-9H,3-4,7,15H2,1-2H3. The smallest absolute Gasteiger partial charge is 0.140 e. The van der Waals surface area contributed by atoms with Crippen LogP contribution >= 0.6 is 15.9 Å². The SMILES string of the molecule is COc1ccc(C2CCC(N)C2)c(OC)c1Br. The zero-order chi connectivity index (χ0) is 12.4. The van der Waals surface area contributed by atoms with Crippen LogP contribution in [0.3, 0.4) is 0 Å². The second kappa shape index (κ2) is 5.27. The molecule has 0 aromatic heterocycles. The first-order chi connectivity index (χ1) is 8.17. The van der Waals surface area contributed by atoms with Crippen molar-refractivity contribution in [1.82, 2.24) is 0 Å². The highest BCUT2D eigenvalue weighted by Crippen LogP contribution is 2.44. The van der Waals surface area contributed by atoms with Crippen LogP contribution in [-0.2, 0) is 0 Å². The lowest BCUT2D eigenvalue weighted by Gasteiger charge is -2.17.